The number of nitrogens with two attached hydrogens (primary N) is 1. The summed E-state index contributed by atoms with van der Waals surface area (Å²) in [5.74, 6) is -0.159. The van der Waals surface area contributed by atoms with Crippen molar-refractivity contribution in [2.75, 3.05) is 5.73 Å². The average molecular weight is 287 g/mol. The zero-order valence-corrected chi connectivity index (χ0v) is 12.3. The molecule has 2 aromatic carbocycles. The maximum absolute atomic E-state index is 11.0. The van der Waals surface area contributed by atoms with Gasteiger partial charge in [0, 0.05) is 16.3 Å². The Kier molecular flexibility index (Phi) is 4.35. The molecule has 0 saturated carbocycles. The van der Waals surface area contributed by atoms with Gasteiger partial charge in [0.1, 0.15) is 0 Å². The van der Waals surface area contributed by atoms with Gasteiger partial charge in [0.15, 0.2) is 0 Å². The molecule has 0 aliphatic carbocycles. The van der Waals surface area contributed by atoms with E-state index in [1.807, 2.05) is 0 Å². The predicted octanol–water partition coefficient (Wildman–Crippen LogP) is 3.88. The van der Waals surface area contributed by atoms with Crippen molar-refractivity contribution in [1.29, 1.82) is 0 Å². The SMILES string of the molecule is Cc1cc(C)cc(CSc2cc(C(=O)O)ccc2N)c1. The summed E-state index contributed by atoms with van der Waals surface area (Å²) in [7, 11) is 0. The van der Waals surface area contributed by atoms with E-state index in [2.05, 4.69) is 32.0 Å². The Morgan fingerprint density at radius 1 is 1.15 bits per heavy atom. The molecule has 0 aliphatic rings. The number of hydrogen-bond acceptors (Lipinski definition) is 3. The van der Waals surface area contributed by atoms with Gasteiger partial charge in [0.2, 0.25) is 0 Å². The van der Waals surface area contributed by atoms with Gasteiger partial charge < -0.3 is 10.8 Å². The molecule has 4 heteroatoms. The number of anilines is 1. The maximum Gasteiger partial charge on any atom is 0.335 e. The van der Waals surface area contributed by atoms with Gasteiger partial charge in [-0.25, -0.2) is 4.79 Å². The molecule has 2 rings (SSSR count). The minimum absolute atomic E-state index is 0.266. The quantitative estimate of drug-likeness (QED) is 0.661. The van der Waals surface area contributed by atoms with Crippen molar-refractivity contribution in [2.45, 2.75) is 24.5 Å². The van der Waals surface area contributed by atoms with Crippen LogP contribution in [0.5, 0.6) is 0 Å². The van der Waals surface area contributed by atoms with Crippen molar-refractivity contribution >= 4 is 23.4 Å². The third-order valence-corrected chi connectivity index (χ3v) is 4.08. The number of carboxylic acids is 1. The van der Waals surface area contributed by atoms with Gasteiger partial charge in [-0.1, -0.05) is 29.3 Å². The van der Waals surface area contributed by atoms with E-state index in [0.717, 1.165) is 10.6 Å². The number of thioether (sulfide) groups is 1. The molecule has 0 saturated heterocycles. The first-order chi connectivity index (χ1) is 9.45. The molecule has 0 aromatic heterocycles. The molecule has 0 spiro atoms. The van der Waals surface area contributed by atoms with Crippen LogP contribution >= 0.6 is 11.8 Å². The van der Waals surface area contributed by atoms with Crippen LogP contribution in [0.1, 0.15) is 27.0 Å². The summed E-state index contributed by atoms with van der Waals surface area (Å²) < 4.78 is 0. The topological polar surface area (TPSA) is 63.3 Å². The minimum atomic E-state index is -0.932. The highest BCUT2D eigenvalue weighted by atomic mass is 32.2. The minimum Gasteiger partial charge on any atom is -0.478 e. The maximum atomic E-state index is 11.0. The molecule has 0 amide bonds. The van der Waals surface area contributed by atoms with Crippen LogP contribution in [0, 0.1) is 13.8 Å². The largest absolute Gasteiger partial charge is 0.478 e. The Balaban J connectivity index is 2.18. The molecule has 3 nitrogen and oxygen atoms in total. The van der Waals surface area contributed by atoms with E-state index < -0.39 is 5.97 Å². The van der Waals surface area contributed by atoms with Crippen molar-refractivity contribution in [3.05, 3.63) is 58.7 Å². The standard InChI is InChI=1S/C16H17NO2S/c1-10-5-11(2)7-12(6-10)9-20-15-8-13(16(18)19)3-4-14(15)17/h3-8H,9,17H2,1-2H3,(H,18,19). The molecule has 0 atom stereocenters. The van der Waals surface area contributed by atoms with Crippen LogP contribution in [0.25, 0.3) is 0 Å². The van der Waals surface area contributed by atoms with Crippen LogP contribution in [-0.2, 0) is 5.75 Å². The van der Waals surface area contributed by atoms with Gasteiger partial charge in [-0.2, -0.15) is 0 Å². The lowest BCUT2D eigenvalue weighted by Crippen LogP contribution is -1.98. The Morgan fingerprint density at radius 3 is 2.40 bits per heavy atom. The monoisotopic (exact) mass is 287 g/mol. The molecule has 0 unspecified atom stereocenters. The number of carbonyl (C=O) groups is 1. The van der Waals surface area contributed by atoms with Gasteiger partial charge >= 0.3 is 5.97 Å². The van der Waals surface area contributed by atoms with Gasteiger partial charge in [-0.05, 0) is 37.6 Å². The number of carboxylic acid groups (broad SMARTS) is 1. The normalized spacial score (nSPS) is 10.5. The van der Waals surface area contributed by atoms with Crippen molar-refractivity contribution in [2.24, 2.45) is 0 Å². The number of aromatic carboxylic acids is 1. The first kappa shape index (κ1) is 14.5. The van der Waals surface area contributed by atoms with Crippen LogP contribution < -0.4 is 5.73 Å². The molecule has 104 valence electrons. The first-order valence-electron chi connectivity index (χ1n) is 6.28. The number of aryl methyl sites for hydroxylation is 2. The van der Waals surface area contributed by atoms with Crippen molar-refractivity contribution in [3.63, 3.8) is 0 Å². The Labute approximate surface area is 122 Å². The lowest BCUT2D eigenvalue weighted by molar-refractivity contribution is 0.0696. The van der Waals surface area contributed by atoms with Crippen molar-refractivity contribution in [3.8, 4) is 0 Å². The summed E-state index contributed by atoms with van der Waals surface area (Å²) in [4.78, 5) is 11.8. The molecule has 2 aromatic rings. The summed E-state index contributed by atoms with van der Waals surface area (Å²) in [5.41, 5.74) is 10.5. The third-order valence-electron chi connectivity index (χ3n) is 2.94. The lowest BCUT2D eigenvalue weighted by Gasteiger charge is -2.08. The highest BCUT2D eigenvalue weighted by molar-refractivity contribution is 7.98. The fourth-order valence-electron chi connectivity index (χ4n) is 2.11. The van der Waals surface area contributed by atoms with E-state index in [0.29, 0.717) is 5.69 Å². The fourth-order valence-corrected chi connectivity index (χ4v) is 3.04. The summed E-state index contributed by atoms with van der Waals surface area (Å²) in [6.07, 6.45) is 0. The lowest BCUT2D eigenvalue weighted by atomic mass is 10.1. The van der Waals surface area contributed by atoms with Crippen LogP contribution in [0.2, 0.25) is 0 Å². The molecule has 0 fully saturated rings. The predicted molar refractivity (Wildman–Crippen MR) is 83.3 cm³/mol. The Morgan fingerprint density at radius 2 is 1.80 bits per heavy atom. The van der Waals surface area contributed by atoms with Crippen LogP contribution in [0.3, 0.4) is 0 Å². The van der Waals surface area contributed by atoms with E-state index >= 15 is 0 Å². The van der Waals surface area contributed by atoms with Gasteiger partial charge in [0.25, 0.3) is 0 Å². The second kappa shape index (κ2) is 6.01. The molecule has 3 N–H and O–H groups in total. The van der Waals surface area contributed by atoms with Gasteiger partial charge in [-0.15, -0.1) is 11.8 Å². The average Bonchev–Trinajstić information content (AvgIpc) is 2.36. The number of rotatable bonds is 4. The summed E-state index contributed by atoms with van der Waals surface area (Å²) in [6, 6.07) is 11.2. The Bertz CT molecular complexity index is 633. The van der Waals surface area contributed by atoms with Crippen molar-refractivity contribution < 1.29 is 9.90 Å². The second-order valence-corrected chi connectivity index (χ2v) is 5.86. The Hall–Kier alpha value is -1.94. The summed E-state index contributed by atoms with van der Waals surface area (Å²) in [6.45, 7) is 4.14. The molecule has 0 aliphatic heterocycles. The first-order valence-corrected chi connectivity index (χ1v) is 7.27. The van der Waals surface area contributed by atoms with E-state index in [1.54, 1.807) is 23.9 Å². The smallest absolute Gasteiger partial charge is 0.335 e. The molecule has 0 radical (unpaired) electrons. The number of nitrogen functional groups attached to an aromatic ring is 1. The zero-order valence-electron chi connectivity index (χ0n) is 11.5. The zero-order chi connectivity index (χ0) is 14.7. The van der Waals surface area contributed by atoms with E-state index in [1.165, 1.54) is 22.8 Å². The highest BCUT2D eigenvalue weighted by Gasteiger charge is 2.07. The van der Waals surface area contributed by atoms with Gasteiger partial charge in [-0.3, -0.25) is 0 Å². The molecule has 20 heavy (non-hydrogen) atoms. The molecule has 0 heterocycles. The van der Waals surface area contributed by atoms with E-state index in [-0.39, 0.29) is 5.56 Å². The van der Waals surface area contributed by atoms with Crippen molar-refractivity contribution in [1.82, 2.24) is 0 Å². The van der Waals surface area contributed by atoms with E-state index in [4.69, 9.17) is 10.8 Å². The van der Waals surface area contributed by atoms with E-state index in [9.17, 15) is 4.79 Å². The van der Waals surface area contributed by atoms with Gasteiger partial charge in [0.05, 0.1) is 5.56 Å². The summed E-state index contributed by atoms with van der Waals surface area (Å²) in [5, 5.41) is 9.01. The van der Waals surface area contributed by atoms with Crippen LogP contribution in [0.4, 0.5) is 5.69 Å². The fraction of sp³-hybridized carbons (Fsp3) is 0.188. The third kappa shape index (κ3) is 3.54. The number of benzene rings is 2. The summed E-state index contributed by atoms with van der Waals surface area (Å²) >= 11 is 1.56. The highest BCUT2D eigenvalue weighted by Crippen LogP contribution is 2.29. The molecular weight excluding hydrogens is 270 g/mol. The molecular formula is C16H17NO2S. The van der Waals surface area contributed by atoms with Crippen LogP contribution in [0.15, 0.2) is 41.3 Å². The second-order valence-electron chi connectivity index (χ2n) is 4.84. The van der Waals surface area contributed by atoms with Crippen LogP contribution in [-0.4, -0.2) is 11.1 Å². The molecule has 0 bridgehead atoms. The number of hydrogen-bond donors (Lipinski definition) is 2.